The minimum atomic E-state index is -4.98. The molecule has 0 aromatic heterocycles. The molecule has 5 atom stereocenters. The first-order chi connectivity index (χ1) is 50.7. The van der Waals surface area contributed by atoms with Gasteiger partial charge in [0, 0.05) is 25.7 Å². The zero-order valence-electron chi connectivity index (χ0n) is 65.9. The Hall–Kier alpha value is -4.02. The normalized spacial score (nSPS) is 14.3. The molecule has 0 spiro atoms. The molecular formula is C85H150O17P2. The number of aliphatic hydroxyl groups excluding tert-OH is 1. The molecule has 0 aromatic rings. The number of phosphoric acid groups is 2. The van der Waals surface area contributed by atoms with Crippen molar-refractivity contribution in [2.45, 2.75) is 380 Å². The van der Waals surface area contributed by atoms with Gasteiger partial charge in [-0.2, -0.15) is 0 Å². The SMILES string of the molecule is CC/C=C\C/C=C\C/C=C\CCCCCCCCCC(=O)OCC(COP(=O)(O)OCC(O)COP(=O)(O)OCC(COC(=O)CCCCCCCC/C=C\C/C=C\C/C=C\CCCCC)OC(=O)CCCCCCCCCCCCCCCCC)OC(=O)CCCCCCC/C=C\C/C=C\CCC. The molecule has 19 heteroatoms. The van der Waals surface area contributed by atoms with E-state index >= 15 is 0 Å². The van der Waals surface area contributed by atoms with Crippen molar-refractivity contribution in [2.75, 3.05) is 39.6 Å². The summed E-state index contributed by atoms with van der Waals surface area (Å²) in [6.45, 7) is 4.69. The molecule has 0 aromatic carbocycles. The van der Waals surface area contributed by atoms with Crippen LogP contribution in [0.3, 0.4) is 0 Å². The Bertz CT molecular complexity index is 2350. The highest BCUT2D eigenvalue weighted by atomic mass is 31.2. The van der Waals surface area contributed by atoms with Crippen molar-refractivity contribution in [3.8, 4) is 0 Å². The average Bonchev–Trinajstić information content (AvgIpc) is 0.918. The summed E-state index contributed by atoms with van der Waals surface area (Å²) in [5.41, 5.74) is 0. The van der Waals surface area contributed by atoms with Gasteiger partial charge in [-0.3, -0.25) is 37.3 Å². The number of carbonyl (C=O) groups is 4. The molecule has 0 rings (SSSR count). The van der Waals surface area contributed by atoms with Crippen LogP contribution in [0, 0.1) is 0 Å². The average molecular weight is 1510 g/mol. The monoisotopic (exact) mass is 1510 g/mol. The van der Waals surface area contributed by atoms with E-state index in [4.69, 9.17) is 37.0 Å². The zero-order valence-corrected chi connectivity index (χ0v) is 67.7. The van der Waals surface area contributed by atoms with Crippen LogP contribution in [-0.2, 0) is 65.4 Å². The molecule has 17 nitrogen and oxygen atoms in total. The summed E-state index contributed by atoms with van der Waals surface area (Å²) in [6, 6.07) is 0. The summed E-state index contributed by atoms with van der Waals surface area (Å²) in [6.07, 6.45) is 82.3. The maximum atomic E-state index is 13.1. The highest BCUT2D eigenvalue weighted by Gasteiger charge is 2.30. The first-order valence-electron chi connectivity index (χ1n) is 41.5. The van der Waals surface area contributed by atoms with Crippen LogP contribution in [0.2, 0.25) is 0 Å². The molecule has 0 aliphatic carbocycles. The van der Waals surface area contributed by atoms with E-state index in [1.165, 1.54) is 83.5 Å². The van der Waals surface area contributed by atoms with Crippen molar-refractivity contribution in [2.24, 2.45) is 0 Å². The second-order valence-corrected chi connectivity index (χ2v) is 30.6. The molecule has 0 saturated carbocycles. The fourth-order valence-electron chi connectivity index (χ4n) is 11.2. The van der Waals surface area contributed by atoms with Gasteiger partial charge in [0.15, 0.2) is 12.2 Å². The minimum absolute atomic E-state index is 0.0769. The van der Waals surface area contributed by atoms with Gasteiger partial charge >= 0.3 is 39.5 Å². The fraction of sp³-hybridized carbons (Fsp3) is 0.765. The quantitative estimate of drug-likeness (QED) is 0.0169. The molecule has 0 radical (unpaired) electrons. The third kappa shape index (κ3) is 76.2. The summed E-state index contributed by atoms with van der Waals surface area (Å²) < 4.78 is 68.7. The van der Waals surface area contributed by atoms with E-state index in [-0.39, 0.29) is 25.7 Å². The number of carbonyl (C=O) groups excluding carboxylic acids is 4. The van der Waals surface area contributed by atoms with Crippen molar-refractivity contribution in [3.05, 3.63) is 97.2 Å². The molecule has 0 aliphatic rings. The number of hydrogen-bond donors (Lipinski definition) is 3. The second-order valence-electron chi connectivity index (χ2n) is 27.7. The van der Waals surface area contributed by atoms with Gasteiger partial charge in [0.25, 0.3) is 0 Å². The van der Waals surface area contributed by atoms with Crippen LogP contribution in [0.25, 0.3) is 0 Å². The molecule has 0 fully saturated rings. The van der Waals surface area contributed by atoms with Crippen molar-refractivity contribution in [1.82, 2.24) is 0 Å². The number of esters is 4. The molecule has 5 unspecified atom stereocenters. The lowest BCUT2D eigenvalue weighted by molar-refractivity contribution is -0.161. The Kier molecular flexibility index (Phi) is 74.2. The van der Waals surface area contributed by atoms with Gasteiger partial charge in [0.1, 0.15) is 19.3 Å². The Morgan fingerprint density at radius 2 is 0.519 bits per heavy atom. The van der Waals surface area contributed by atoms with E-state index in [9.17, 15) is 43.2 Å². The predicted molar refractivity (Wildman–Crippen MR) is 427 cm³/mol. The standard InChI is InChI=1S/C85H150O17P2/c1-5-9-13-17-21-25-29-33-36-38-39-41-44-47-50-54-58-62-66-70-83(88)96-76-81(102-85(90)72-68-64-60-56-52-48-42-35-31-27-23-19-15-11-7-3)78-100-104(93,94)98-74-79(86)73-97-103(91,92)99-77-80(101-84(89)71-67-63-59-55-51-45-32-28-24-20-16-12-8-4)75-95-82(87)69-65-61-57-53-49-46-43-40-37-34-30-26-22-18-14-10-6-2/h10,14,16,20-22,25-26,28,32-34,36-37,39,41,79-81,86H,5-9,11-13,15,17-19,23-24,27,29-31,35,38,40,42-78H2,1-4H3,(H,91,92)(H,93,94)/b14-10-,20-16-,25-21-,26-22-,32-28-,36-33-,37-34-,41-39-. The molecule has 3 N–H and O–H groups in total. The summed E-state index contributed by atoms with van der Waals surface area (Å²) in [4.78, 5) is 73.1. The second kappa shape index (κ2) is 77.1. The van der Waals surface area contributed by atoms with Crippen molar-refractivity contribution in [1.29, 1.82) is 0 Å². The topological polar surface area (TPSA) is 237 Å². The lowest BCUT2D eigenvalue weighted by Gasteiger charge is -2.21. The molecule has 0 heterocycles. The number of aliphatic hydroxyl groups is 1. The van der Waals surface area contributed by atoms with Crippen LogP contribution in [-0.4, -0.2) is 96.7 Å². The third-order valence-corrected chi connectivity index (χ3v) is 19.4. The van der Waals surface area contributed by atoms with Crippen LogP contribution in [0.5, 0.6) is 0 Å². The summed E-state index contributed by atoms with van der Waals surface area (Å²) in [5, 5.41) is 10.7. The van der Waals surface area contributed by atoms with Crippen molar-refractivity contribution in [3.63, 3.8) is 0 Å². The number of allylic oxidation sites excluding steroid dienone is 16. The van der Waals surface area contributed by atoms with Crippen LogP contribution < -0.4 is 0 Å². The Balaban J connectivity index is 5.34. The molecule has 104 heavy (non-hydrogen) atoms. The third-order valence-electron chi connectivity index (χ3n) is 17.5. The molecule has 0 saturated heterocycles. The van der Waals surface area contributed by atoms with Gasteiger partial charge in [-0.05, 0) is 122 Å². The molecule has 0 bridgehead atoms. The lowest BCUT2D eigenvalue weighted by atomic mass is 10.0. The van der Waals surface area contributed by atoms with Crippen molar-refractivity contribution >= 4 is 39.5 Å². The van der Waals surface area contributed by atoms with E-state index in [0.717, 1.165) is 199 Å². The summed E-state index contributed by atoms with van der Waals surface area (Å²) in [7, 11) is -9.96. The highest BCUT2D eigenvalue weighted by molar-refractivity contribution is 7.47. The van der Waals surface area contributed by atoms with Crippen molar-refractivity contribution < 1.29 is 80.2 Å². The Labute approximate surface area is 633 Å². The van der Waals surface area contributed by atoms with Gasteiger partial charge < -0.3 is 33.8 Å². The lowest BCUT2D eigenvalue weighted by Crippen LogP contribution is -2.30. The van der Waals surface area contributed by atoms with Gasteiger partial charge in [0.05, 0.1) is 26.4 Å². The number of rotatable bonds is 78. The molecule has 602 valence electrons. The first kappa shape index (κ1) is 100.0. The van der Waals surface area contributed by atoms with E-state index in [2.05, 4.69) is 125 Å². The van der Waals surface area contributed by atoms with Crippen LogP contribution in [0.4, 0.5) is 0 Å². The number of hydrogen-bond acceptors (Lipinski definition) is 15. The van der Waals surface area contributed by atoms with Gasteiger partial charge in [-0.1, -0.05) is 311 Å². The molecular weight excluding hydrogens is 1350 g/mol. The van der Waals surface area contributed by atoms with Crippen LogP contribution in [0.15, 0.2) is 97.2 Å². The zero-order chi connectivity index (χ0) is 76.0. The Morgan fingerprint density at radius 3 is 0.827 bits per heavy atom. The predicted octanol–water partition coefficient (Wildman–Crippen LogP) is 24.3. The highest BCUT2D eigenvalue weighted by Crippen LogP contribution is 2.45. The fourth-order valence-corrected chi connectivity index (χ4v) is 12.8. The Morgan fingerprint density at radius 1 is 0.279 bits per heavy atom. The summed E-state index contributed by atoms with van der Waals surface area (Å²) >= 11 is 0. The maximum Gasteiger partial charge on any atom is 0.472 e. The largest absolute Gasteiger partial charge is 0.472 e. The van der Waals surface area contributed by atoms with Gasteiger partial charge in [-0.15, -0.1) is 0 Å². The van der Waals surface area contributed by atoms with Crippen LogP contribution in [0.1, 0.15) is 362 Å². The molecule has 0 amide bonds. The van der Waals surface area contributed by atoms with Crippen LogP contribution >= 0.6 is 15.6 Å². The summed E-state index contributed by atoms with van der Waals surface area (Å²) in [5.74, 6) is -2.19. The maximum absolute atomic E-state index is 13.1. The minimum Gasteiger partial charge on any atom is -0.462 e. The van der Waals surface area contributed by atoms with E-state index in [0.29, 0.717) is 25.7 Å². The van der Waals surface area contributed by atoms with Gasteiger partial charge in [-0.25, -0.2) is 9.13 Å². The number of unbranched alkanes of at least 4 members (excludes halogenated alkanes) is 36. The number of ether oxygens (including phenoxy) is 4. The molecule has 0 aliphatic heterocycles. The van der Waals surface area contributed by atoms with E-state index < -0.39 is 97.5 Å². The number of phosphoric ester groups is 2. The first-order valence-corrected chi connectivity index (χ1v) is 44.5. The van der Waals surface area contributed by atoms with E-state index in [1.807, 2.05) is 0 Å². The van der Waals surface area contributed by atoms with Gasteiger partial charge in [0.2, 0.25) is 0 Å². The smallest absolute Gasteiger partial charge is 0.462 e. The van der Waals surface area contributed by atoms with E-state index in [1.54, 1.807) is 0 Å².